The highest BCUT2D eigenvalue weighted by atomic mass is 16.6. The Bertz CT molecular complexity index is 725. The summed E-state index contributed by atoms with van der Waals surface area (Å²) >= 11 is 0. The molecule has 25 heavy (non-hydrogen) atoms. The first-order valence-electron chi connectivity index (χ1n) is 8.37. The van der Waals surface area contributed by atoms with Gasteiger partial charge < -0.3 is 14.8 Å². The molecule has 0 saturated carbocycles. The van der Waals surface area contributed by atoms with Crippen LogP contribution < -0.4 is 10.1 Å². The maximum Gasteiger partial charge on any atom is 0.347 e. The van der Waals surface area contributed by atoms with E-state index in [0.717, 1.165) is 17.7 Å². The van der Waals surface area contributed by atoms with Crippen LogP contribution in [0.4, 0.5) is 5.69 Å². The molecule has 0 aromatic heterocycles. The van der Waals surface area contributed by atoms with Gasteiger partial charge in [-0.25, -0.2) is 4.79 Å². The van der Waals surface area contributed by atoms with Crippen molar-refractivity contribution in [3.63, 3.8) is 0 Å². The first kappa shape index (κ1) is 18.5. The highest BCUT2D eigenvalue weighted by molar-refractivity contribution is 6.04. The molecule has 2 aromatic rings. The molecule has 132 valence electrons. The molecule has 0 heterocycles. The van der Waals surface area contributed by atoms with E-state index in [9.17, 15) is 9.59 Å². The first-order valence-corrected chi connectivity index (χ1v) is 8.37. The number of carbonyl (C=O) groups is 2. The molecule has 0 unspecified atom stereocenters. The van der Waals surface area contributed by atoms with E-state index in [0.29, 0.717) is 17.9 Å². The van der Waals surface area contributed by atoms with E-state index in [1.54, 1.807) is 38.1 Å². The lowest BCUT2D eigenvalue weighted by Crippen LogP contribution is -2.26. The minimum Gasteiger partial charge on any atom is -0.479 e. The summed E-state index contributed by atoms with van der Waals surface area (Å²) in [6.07, 6.45) is 0.144. The molecule has 0 aliphatic heterocycles. The van der Waals surface area contributed by atoms with Crippen molar-refractivity contribution in [3.05, 3.63) is 59.7 Å². The van der Waals surface area contributed by atoms with Crippen LogP contribution in [-0.4, -0.2) is 24.6 Å². The summed E-state index contributed by atoms with van der Waals surface area (Å²) in [5, 5.41) is 2.92. The molecule has 1 N–H and O–H groups in total. The monoisotopic (exact) mass is 341 g/mol. The van der Waals surface area contributed by atoms with Crippen LogP contribution in [0.2, 0.25) is 0 Å². The second-order valence-corrected chi connectivity index (χ2v) is 5.50. The molecule has 2 rings (SSSR count). The highest BCUT2D eigenvalue weighted by Crippen LogP contribution is 2.18. The number of benzene rings is 2. The number of rotatable bonds is 7. The third-order valence-electron chi connectivity index (χ3n) is 3.69. The van der Waals surface area contributed by atoms with Crippen molar-refractivity contribution in [2.75, 3.05) is 11.9 Å². The number of hydrogen-bond acceptors (Lipinski definition) is 4. The van der Waals surface area contributed by atoms with Gasteiger partial charge in [-0.1, -0.05) is 25.1 Å². The van der Waals surface area contributed by atoms with E-state index in [1.807, 2.05) is 31.2 Å². The van der Waals surface area contributed by atoms with Gasteiger partial charge in [0.2, 0.25) is 0 Å². The lowest BCUT2D eigenvalue weighted by atomic mass is 10.1. The summed E-state index contributed by atoms with van der Waals surface area (Å²) in [5.74, 6) is -0.0996. The van der Waals surface area contributed by atoms with Crippen molar-refractivity contribution in [1.29, 1.82) is 0 Å². The molecule has 0 spiro atoms. The van der Waals surface area contributed by atoms with Crippen molar-refractivity contribution in [2.24, 2.45) is 0 Å². The minimum absolute atomic E-state index is 0.189. The van der Waals surface area contributed by atoms with Crippen molar-refractivity contribution >= 4 is 17.6 Å². The maximum atomic E-state index is 12.4. The zero-order valence-corrected chi connectivity index (χ0v) is 14.7. The van der Waals surface area contributed by atoms with Crippen LogP contribution in [0.1, 0.15) is 36.7 Å². The average molecular weight is 341 g/mol. The smallest absolute Gasteiger partial charge is 0.347 e. The average Bonchev–Trinajstić information content (AvgIpc) is 2.63. The molecule has 2 aromatic carbocycles. The van der Waals surface area contributed by atoms with Crippen LogP contribution >= 0.6 is 0 Å². The second kappa shape index (κ2) is 8.87. The molecule has 0 fully saturated rings. The summed E-state index contributed by atoms with van der Waals surface area (Å²) in [6, 6.07) is 14.4. The van der Waals surface area contributed by atoms with Gasteiger partial charge in [-0.05, 0) is 56.2 Å². The molecular weight excluding hydrogens is 318 g/mol. The molecule has 0 aliphatic carbocycles. The highest BCUT2D eigenvalue weighted by Gasteiger charge is 2.16. The van der Waals surface area contributed by atoms with Crippen molar-refractivity contribution < 1.29 is 19.1 Å². The Labute approximate surface area is 148 Å². The number of para-hydroxylation sites is 1. The van der Waals surface area contributed by atoms with Gasteiger partial charge >= 0.3 is 5.97 Å². The Kier molecular flexibility index (Phi) is 6.57. The minimum atomic E-state index is -0.698. The quantitative estimate of drug-likeness (QED) is 0.777. The zero-order valence-electron chi connectivity index (χ0n) is 14.7. The third-order valence-corrected chi connectivity index (χ3v) is 3.69. The fourth-order valence-electron chi connectivity index (χ4n) is 2.34. The Morgan fingerprint density at radius 2 is 1.72 bits per heavy atom. The van der Waals surface area contributed by atoms with Crippen molar-refractivity contribution in [2.45, 2.75) is 33.3 Å². The Morgan fingerprint density at radius 1 is 1.04 bits per heavy atom. The van der Waals surface area contributed by atoms with Crippen LogP contribution in [-0.2, 0) is 16.0 Å². The number of esters is 1. The van der Waals surface area contributed by atoms with Crippen molar-refractivity contribution in [1.82, 2.24) is 0 Å². The van der Waals surface area contributed by atoms with Gasteiger partial charge in [-0.3, -0.25) is 4.79 Å². The number of ether oxygens (including phenoxy) is 2. The largest absolute Gasteiger partial charge is 0.479 e. The molecule has 1 atom stereocenters. The Morgan fingerprint density at radius 3 is 2.36 bits per heavy atom. The standard InChI is InChI=1S/C20H23NO4/c1-4-15-8-6-7-9-18(15)21-19(22)16-10-12-17(13-11-16)25-14(3)20(23)24-5-2/h6-14H,4-5H2,1-3H3,(H,21,22)/t14-/m0/s1. The van der Waals surface area contributed by atoms with E-state index in [2.05, 4.69) is 5.32 Å². The lowest BCUT2D eigenvalue weighted by Gasteiger charge is -2.14. The molecule has 5 heteroatoms. The Balaban J connectivity index is 2.01. The molecule has 0 radical (unpaired) electrons. The van der Waals surface area contributed by atoms with Gasteiger partial charge in [0.25, 0.3) is 5.91 Å². The summed E-state index contributed by atoms with van der Waals surface area (Å²) in [5.41, 5.74) is 2.41. The van der Waals surface area contributed by atoms with Gasteiger partial charge in [0.05, 0.1) is 6.61 Å². The second-order valence-electron chi connectivity index (χ2n) is 5.50. The van der Waals surface area contributed by atoms with Crippen molar-refractivity contribution in [3.8, 4) is 5.75 Å². The van der Waals surface area contributed by atoms with Crippen LogP contribution in [0.3, 0.4) is 0 Å². The van der Waals surface area contributed by atoms with Gasteiger partial charge in [-0.2, -0.15) is 0 Å². The molecule has 0 bridgehead atoms. The zero-order chi connectivity index (χ0) is 18.2. The van der Waals surface area contributed by atoms with Crippen LogP contribution in [0.25, 0.3) is 0 Å². The number of nitrogens with one attached hydrogen (secondary N) is 1. The van der Waals surface area contributed by atoms with E-state index in [1.165, 1.54) is 0 Å². The predicted octanol–water partition coefficient (Wildman–Crippen LogP) is 3.83. The SMILES string of the molecule is CCOC(=O)[C@H](C)Oc1ccc(C(=O)Nc2ccccc2CC)cc1. The molecular formula is C20H23NO4. The third kappa shape index (κ3) is 5.08. The predicted molar refractivity (Wildman–Crippen MR) is 96.9 cm³/mol. The van der Waals surface area contributed by atoms with Gasteiger partial charge in [0.15, 0.2) is 6.10 Å². The van der Waals surface area contributed by atoms with Gasteiger partial charge in [0.1, 0.15) is 5.75 Å². The van der Waals surface area contributed by atoms with Gasteiger partial charge in [0, 0.05) is 11.3 Å². The number of amides is 1. The molecule has 0 saturated heterocycles. The number of anilines is 1. The van der Waals surface area contributed by atoms with E-state index < -0.39 is 12.1 Å². The fraction of sp³-hybridized carbons (Fsp3) is 0.300. The summed E-state index contributed by atoms with van der Waals surface area (Å²) in [7, 11) is 0. The fourth-order valence-corrected chi connectivity index (χ4v) is 2.34. The number of carbonyl (C=O) groups excluding carboxylic acids is 2. The van der Waals surface area contributed by atoms with E-state index in [4.69, 9.17) is 9.47 Å². The van der Waals surface area contributed by atoms with Crippen LogP contribution in [0.15, 0.2) is 48.5 Å². The Hall–Kier alpha value is -2.82. The van der Waals surface area contributed by atoms with E-state index in [-0.39, 0.29) is 5.91 Å². The topological polar surface area (TPSA) is 64.6 Å². The summed E-state index contributed by atoms with van der Waals surface area (Å²) < 4.78 is 10.4. The summed E-state index contributed by atoms with van der Waals surface area (Å²) in [4.78, 5) is 24.0. The maximum absolute atomic E-state index is 12.4. The normalized spacial score (nSPS) is 11.5. The van der Waals surface area contributed by atoms with Gasteiger partial charge in [-0.15, -0.1) is 0 Å². The number of aryl methyl sites for hydroxylation is 1. The molecule has 1 amide bonds. The first-order chi connectivity index (χ1) is 12.0. The van der Waals surface area contributed by atoms with E-state index >= 15 is 0 Å². The lowest BCUT2D eigenvalue weighted by molar-refractivity contribution is -0.150. The van der Waals surface area contributed by atoms with Crippen LogP contribution in [0.5, 0.6) is 5.75 Å². The molecule has 0 aliphatic rings. The number of hydrogen-bond donors (Lipinski definition) is 1. The van der Waals surface area contributed by atoms with Crippen LogP contribution in [0, 0.1) is 0 Å². The summed E-state index contributed by atoms with van der Waals surface area (Å²) in [6.45, 7) is 5.72. The molecule has 5 nitrogen and oxygen atoms in total.